The fourth-order valence-corrected chi connectivity index (χ4v) is 5.28. The Morgan fingerprint density at radius 2 is 1.93 bits per heavy atom. The molecule has 2 aromatic heterocycles. The van der Waals surface area contributed by atoms with Crippen LogP contribution in [0, 0.1) is 0 Å². The van der Waals surface area contributed by atoms with Crippen molar-refractivity contribution in [3.05, 3.63) is 48.2 Å². The normalized spacial score (nSPS) is 23.9. The number of hydrogen-bond acceptors (Lipinski definition) is 7. The van der Waals surface area contributed by atoms with Crippen LogP contribution in [0.4, 0.5) is 4.79 Å². The topological polar surface area (TPSA) is 84.8 Å². The number of fused-ring (bicyclic) bond motifs is 3. The average molecular weight is 411 g/mol. The molecule has 7 nitrogen and oxygen atoms in total. The first-order chi connectivity index (χ1) is 14.1. The fourth-order valence-electron chi connectivity index (χ4n) is 4.49. The van der Waals surface area contributed by atoms with Crippen LogP contribution < -0.4 is 4.74 Å². The summed E-state index contributed by atoms with van der Waals surface area (Å²) >= 11 is 1.48. The van der Waals surface area contributed by atoms with Gasteiger partial charge in [0.2, 0.25) is 0 Å². The third-order valence-electron chi connectivity index (χ3n) is 5.75. The van der Waals surface area contributed by atoms with Crippen LogP contribution in [-0.4, -0.2) is 44.3 Å². The molecule has 0 radical (unpaired) electrons. The van der Waals surface area contributed by atoms with E-state index < -0.39 is 6.16 Å². The zero-order valence-corrected chi connectivity index (χ0v) is 16.5. The van der Waals surface area contributed by atoms with E-state index in [1.807, 2.05) is 24.3 Å². The van der Waals surface area contributed by atoms with Crippen LogP contribution in [0.5, 0.6) is 10.9 Å². The summed E-state index contributed by atoms with van der Waals surface area (Å²) in [5, 5.41) is 9.47. The molecule has 2 fully saturated rings. The van der Waals surface area contributed by atoms with Crippen LogP contribution in [0.3, 0.4) is 0 Å². The van der Waals surface area contributed by atoms with Gasteiger partial charge in [0.15, 0.2) is 5.65 Å². The van der Waals surface area contributed by atoms with E-state index in [0.29, 0.717) is 22.9 Å². The van der Waals surface area contributed by atoms with E-state index in [-0.39, 0.29) is 6.10 Å². The lowest BCUT2D eigenvalue weighted by Crippen LogP contribution is -2.45. The minimum absolute atomic E-state index is 0.166. The monoisotopic (exact) mass is 411 g/mol. The van der Waals surface area contributed by atoms with Crippen molar-refractivity contribution >= 4 is 27.8 Å². The van der Waals surface area contributed by atoms with Crippen LogP contribution in [0.1, 0.15) is 31.2 Å². The molecule has 8 heteroatoms. The minimum Gasteiger partial charge on any atom is -0.450 e. The Hall–Kier alpha value is -2.71. The summed E-state index contributed by atoms with van der Waals surface area (Å²) in [7, 11) is 0. The van der Waals surface area contributed by atoms with Gasteiger partial charge in [0, 0.05) is 37.7 Å². The third kappa shape index (κ3) is 3.90. The van der Waals surface area contributed by atoms with Crippen molar-refractivity contribution < 1.29 is 19.4 Å². The van der Waals surface area contributed by atoms with E-state index in [2.05, 4.69) is 27.0 Å². The Kier molecular flexibility index (Phi) is 4.81. The predicted octanol–water partition coefficient (Wildman–Crippen LogP) is 4.67. The van der Waals surface area contributed by atoms with Crippen LogP contribution in [0.2, 0.25) is 0 Å². The number of thiazole rings is 1. The van der Waals surface area contributed by atoms with Crippen molar-refractivity contribution in [2.75, 3.05) is 0 Å². The maximum Gasteiger partial charge on any atom is 0.506 e. The Morgan fingerprint density at radius 3 is 2.62 bits per heavy atom. The molecule has 5 rings (SSSR count). The maximum atomic E-state index is 10.8. The number of piperidine rings is 1. The highest BCUT2D eigenvalue weighted by Gasteiger charge is 2.41. The molecule has 0 aliphatic carbocycles. The Labute approximate surface area is 171 Å². The van der Waals surface area contributed by atoms with E-state index in [9.17, 15) is 4.79 Å². The highest BCUT2D eigenvalue weighted by Crippen LogP contribution is 2.38. The molecule has 2 aliphatic rings. The van der Waals surface area contributed by atoms with Gasteiger partial charge in [0.05, 0.1) is 4.70 Å². The zero-order valence-electron chi connectivity index (χ0n) is 15.7. The maximum absolute atomic E-state index is 10.8. The molecule has 2 aliphatic heterocycles. The van der Waals surface area contributed by atoms with Gasteiger partial charge in [0.25, 0.3) is 5.19 Å². The molecule has 3 atom stereocenters. The first-order valence-electron chi connectivity index (χ1n) is 9.78. The fraction of sp³-hybridized carbons (Fsp3) is 0.381. The van der Waals surface area contributed by atoms with Crippen LogP contribution in [-0.2, 0) is 11.3 Å². The number of carbonyl (C=O) groups is 1. The van der Waals surface area contributed by atoms with Crippen LogP contribution >= 0.6 is 11.3 Å². The van der Waals surface area contributed by atoms with Crippen molar-refractivity contribution in [1.82, 2.24) is 14.9 Å². The summed E-state index contributed by atoms with van der Waals surface area (Å²) in [6, 6.07) is 12.8. The third-order valence-corrected chi connectivity index (χ3v) is 6.64. The van der Waals surface area contributed by atoms with E-state index >= 15 is 0 Å². The smallest absolute Gasteiger partial charge is 0.450 e. The number of hydrogen-bond donors (Lipinski definition) is 1. The lowest BCUT2D eigenvalue weighted by Gasteiger charge is -2.38. The molecule has 29 heavy (non-hydrogen) atoms. The molecule has 3 aromatic rings. The van der Waals surface area contributed by atoms with Crippen molar-refractivity contribution in [1.29, 1.82) is 0 Å². The van der Waals surface area contributed by atoms with Crippen LogP contribution in [0.25, 0.3) is 10.3 Å². The van der Waals surface area contributed by atoms with Gasteiger partial charge in [-0.3, -0.25) is 4.90 Å². The number of ether oxygens (including phenoxy) is 2. The zero-order chi connectivity index (χ0) is 19.8. The number of carboxylic acid groups (broad SMARTS) is 1. The summed E-state index contributed by atoms with van der Waals surface area (Å²) in [4.78, 5) is 22.0. The van der Waals surface area contributed by atoms with Crippen molar-refractivity contribution in [3.8, 4) is 10.9 Å². The molecule has 0 spiro atoms. The standard InChI is InChI=1S/C21H21N3O4S/c25-21(26)28-17-10-14-5-6-15(11-17)24(14)12-13-3-7-16(8-4-13)27-20-23-19-18(29-20)2-1-9-22-19/h1-4,7-9,14-15,17H,5-6,10-12H2,(H,25,26)/t14-,15+,17?. The van der Waals surface area contributed by atoms with Gasteiger partial charge in [-0.25, -0.2) is 9.78 Å². The number of benzene rings is 1. The molecule has 1 aromatic carbocycles. The molecule has 0 amide bonds. The molecule has 0 saturated carbocycles. The molecular formula is C21H21N3O4S. The highest BCUT2D eigenvalue weighted by atomic mass is 32.1. The second-order valence-corrected chi connectivity index (χ2v) is 8.58. The average Bonchev–Trinajstić information content (AvgIpc) is 3.20. The molecule has 1 N–H and O–H groups in total. The van der Waals surface area contributed by atoms with Gasteiger partial charge in [-0.2, -0.15) is 4.98 Å². The summed E-state index contributed by atoms with van der Waals surface area (Å²) in [6.07, 6.45) is 4.19. The summed E-state index contributed by atoms with van der Waals surface area (Å²) in [5.74, 6) is 0.754. The quantitative estimate of drug-likeness (QED) is 0.611. The van der Waals surface area contributed by atoms with Crippen molar-refractivity contribution in [2.45, 2.75) is 50.4 Å². The SMILES string of the molecule is O=C(O)OC1C[C@H]2CC[C@@H](C1)N2Cc1ccc(Oc2nc3ncccc3s2)cc1. The Bertz CT molecular complexity index is 975. The highest BCUT2D eigenvalue weighted by molar-refractivity contribution is 7.20. The second kappa shape index (κ2) is 7.61. The Balaban J connectivity index is 1.22. The molecule has 4 heterocycles. The lowest BCUT2D eigenvalue weighted by molar-refractivity contribution is -0.00632. The Morgan fingerprint density at radius 1 is 1.17 bits per heavy atom. The summed E-state index contributed by atoms with van der Waals surface area (Å²) in [6.45, 7) is 0.862. The van der Waals surface area contributed by atoms with Gasteiger partial charge in [-0.05, 0) is 42.7 Å². The van der Waals surface area contributed by atoms with E-state index in [1.54, 1.807) is 6.20 Å². The van der Waals surface area contributed by atoms with E-state index in [0.717, 1.165) is 42.7 Å². The first-order valence-corrected chi connectivity index (χ1v) is 10.6. The second-order valence-electron chi connectivity index (χ2n) is 7.59. The van der Waals surface area contributed by atoms with Crippen molar-refractivity contribution in [3.63, 3.8) is 0 Å². The molecule has 2 bridgehead atoms. The minimum atomic E-state index is -1.16. The molecule has 150 valence electrons. The van der Waals surface area contributed by atoms with Gasteiger partial charge in [0.1, 0.15) is 11.9 Å². The van der Waals surface area contributed by atoms with Crippen molar-refractivity contribution in [2.24, 2.45) is 0 Å². The largest absolute Gasteiger partial charge is 0.506 e. The van der Waals surface area contributed by atoms with E-state index in [4.69, 9.17) is 14.6 Å². The van der Waals surface area contributed by atoms with Gasteiger partial charge in [-0.15, -0.1) is 0 Å². The number of rotatable bonds is 5. The van der Waals surface area contributed by atoms with Gasteiger partial charge in [-0.1, -0.05) is 23.5 Å². The molecule has 1 unspecified atom stereocenters. The molecule has 2 saturated heterocycles. The number of nitrogens with zero attached hydrogens (tertiary/aromatic N) is 3. The summed E-state index contributed by atoms with van der Waals surface area (Å²) in [5.41, 5.74) is 1.92. The van der Waals surface area contributed by atoms with Gasteiger partial charge >= 0.3 is 6.16 Å². The number of pyridine rings is 1. The van der Waals surface area contributed by atoms with E-state index in [1.165, 1.54) is 16.9 Å². The lowest BCUT2D eigenvalue weighted by atomic mass is 9.99. The predicted molar refractivity (Wildman–Crippen MR) is 108 cm³/mol. The van der Waals surface area contributed by atoms with Gasteiger partial charge < -0.3 is 14.6 Å². The molecular weight excluding hydrogens is 390 g/mol. The summed E-state index contributed by atoms with van der Waals surface area (Å²) < 4.78 is 11.9. The van der Waals surface area contributed by atoms with Crippen LogP contribution in [0.15, 0.2) is 42.6 Å². The first kappa shape index (κ1) is 18.3. The number of aromatic nitrogens is 2.